The van der Waals surface area contributed by atoms with Crippen LogP contribution in [0, 0.1) is 0 Å². The highest BCUT2D eigenvalue weighted by molar-refractivity contribution is 5.78. The van der Waals surface area contributed by atoms with E-state index >= 15 is 0 Å². The summed E-state index contributed by atoms with van der Waals surface area (Å²) in [5, 5.41) is 19.8. The molecule has 2 saturated heterocycles. The van der Waals surface area contributed by atoms with Crippen molar-refractivity contribution < 1.29 is 29.2 Å². The van der Waals surface area contributed by atoms with Crippen molar-refractivity contribution in [3.63, 3.8) is 0 Å². The number of imidazole rings is 1. The Bertz CT molecular complexity index is 1500. The fourth-order valence-electron chi connectivity index (χ4n) is 4.86. The van der Waals surface area contributed by atoms with Gasteiger partial charge >= 0.3 is 0 Å². The van der Waals surface area contributed by atoms with E-state index in [1.54, 1.807) is 22.1 Å². The molecule has 2 aliphatic heterocycles. The van der Waals surface area contributed by atoms with Gasteiger partial charge in [-0.05, 0) is 11.1 Å². The van der Waals surface area contributed by atoms with Crippen LogP contribution in [0.1, 0.15) is 29.2 Å². The van der Waals surface area contributed by atoms with Gasteiger partial charge in [0.15, 0.2) is 23.7 Å². The monoisotopic (exact) mass is 546 g/mol. The summed E-state index contributed by atoms with van der Waals surface area (Å²) in [6.45, 7) is -0.175. The lowest BCUT2D eigenvalue weighted by atomic mass is 10.1. The first-order valence-electron chi connectivity index (χ1n) is 12.9. The molecule has 2 aromatic carbocycles. The Kier molecular flexibility index (Phi) is 7.41. The Balaban J connectivity index is 1.36. The Morgan fingerprint density at radius 2 is 1.73 bits per heavy atom. The average Bonchev–Trinajstić information content (AvgIpc) is 3.69. The summed E-state index contributed by atoms with van der Waals surface area (Å²) < 4.78 is 26.6. The molecule has 4 heterocycles. The molecule has 0 radical (unpaired) electrons. The molecule has 0 amide bonds. The molecule has 12 heteroatoms. The first-order valence-corrected chi connectivity index (χ1v) is 12.9. The van der Waals surface area contributed by atoms with Crippen LogP contribution in [0.15, 0.2) is 65.9 Å². The molecule has 4 aromatic rings. The molecule has 5 atom stereocenters. The number of aliphatic hydroxyl groups excluding tert-OH is 2. The normalized spacial score (nSPS) is 24.1. The number of aliphatic hydroxyl groups is 2. The number of ether oxygens (including phenoxy) is 4. The minimum atomic E-state index is -0.676. The fourth-order valence-corrected chi connectivity index (χ4v) is 4.86. The van der Waals surface area contributed by atoms with Crippen molar-refractivity contribution in [2.24, 2.45) is 4.99 Å². The number of aliphatic imine (C=N–C) groups is 1. The molecule has 0 bridgehead atoms. The van der Waals surface area contributed by atoms with Gasteiger partial charge in [0, 0.05) is 19.7 Å². The van der Waals surface area contributed by atoms with Gasteiger partial charge in [-0.15, -0.1) is 0 Å². The topological polar surface area (TPSA) is 137 Å². The second-order valence-electron chi connectivity index (χ2n) is 9.77. The largest absolute Gasteiger partial charge is 0.471 e. The van der Waals surface area contributed by atoms with Crippen LogP contribution < -0.4 is 4.74 Å². The smallest absolute Gasteiger partial charge is 0.256 e. The van der Waals surface area contributed by atoms with Crippen LogP contribution in [0.4, 0.5) is 5.95 Å². The molecule has 2 aromatic heterocycles. The summed E-state index contributed by atoms with van der Waals surface area (Å²) in [6, 6.07) is 17.1. The summed E-state index contributed by atoms with van der Waals surface area (Å²) in [6.07, 6.45) is 0.306. The number of rotatable bonds is 9. The van der Waals surface area contributed by atoms with Crippen LogP contribution in [-0.4, -0.2) is 80.0 Å². The minimum Gasteiger partial charge on any atom is -0.471 e. The summed E-state index contributed by atoms with van der Waals surface area (Å²) in [4.78, 5) is 19.9. The maximum absolute atomic E-state index is 10.1. The van der Waals surface area contributed by atoms with Crippen LogP contribution in [0.3, 0.4) is 0 Å². The van der Waals surface area contributed by atoms with Crippen LogP contribution >= 0.6 is 0 Å². The number of benzene rings is 2. The van der Waals surface area contributed by atoms with Crippen molar-refractivity contribution in [3.05, 3.63) is 77.6 Å². The summed E-state index contributed by atoms with van der Waals surface area (Å²) in [5.41, 5.74) is 3.31. The Hall–Kier alpha value is -3.94. The zero-order valence-corrected chi connectivity index (χ0v) is 22.1. The molecule has 2 fully saturated rings. The molecule has 12 nitrogen and oxygen atoms in total. The molecular formula is C28H30N6O6. The van der Waals surface area contributed by atoms with Crippen LogP contribution in [0.25, 0.3) is 11.2 Å². The fraction of sp³-hybridized carbons (Fsp3) is 0.357. The lowest BCUT2D eigenvalue weighted by molar-refractivity contribution is -0.153. The lowest BCUT2D eigenvalue weighted by Gasteiger charge is -2.21. The molecule has 2 aliphatic rings. The number of hydrogen-bond acceptors (Lipinski definition) is 10. The molecule has 208 valence electrons. The SMILES string of the molecule is CN(C)/C=N/c1nc(OCc2ccccc2CO)c2ncn([C@@H]3O[C@H](CO)[C@H]4OC(c5ccccc5)O[C@H]43)c2n1. The standard InChI is InChI=1S/C28H30N6O6/c1-33(2)15-30-28-31-24-21(25(32-28)37-14-19-11-7-6-10-18(19)12-35)29-16-34(24)26-23-22(20(13-36)38-26)39-27(40-23)17-8-4-3-5-9-17/h3-11,15-16,20,22-23,26-27,35-36H,12-14H2,1-2H3/b30-15+/t20-,22-,23-,26-,27?/m1/s1. The third kappa shape index (κ3) is 5.03. The van der Waals surface area contributed by atoms with E-state index in [4.69, 9.17) is 18.9 Å². The van der Waals surface area contributed by atoms with E-state index in [0.717, 1.165) is 16.7 Å². The predicted molar refractivity (Wildman–Crippen MR) is 144 cm³/mol. The number of fused-ring (bicyclic) bond motifs is 2. The second kappa shape index (κ2) is 11.3. The van der Waals surface area contributed by atoms with Gasteiger partial charge in [-0.2, -0.15) is 9.97 Å². The van der Waals surface area contributed by atoms with Gasteiger partial charge in [-0.25, -0.2) is 9.98 Å². The predicted octanol–water partition coefficient (Wildman–Crippen LogP) is 2.49. The second-order valence-corrected chi connectivity index (χ2v) is 9.77. The summed E-state index contributed by atoms with van der Waals surface area (Å²) in [5.74, 6) is 0.411. The van der Waals surface area contributed by atoms with Crippen molar-refractivity contribution >= 4 is 23.5 Å². The maximum Gasteiger partial charge on any atom is 0.256 e. The highest BCUT2D eigenvalue weighted by Gasteiger charge is 2.53. The van der Waals surface area contributed by atoms with Crippen molar-refractivity contribution in [1.29, 1.82) is 0 Å². The highest BCUT2D eigenvalue weighted by Crippen LogP contribution is 2.45. The highest BCUT2D eigenvalue weighted by atomic mass is 16.8. The number of aromatic nitrogens is 4. The Labute approximate surface area is 230 Å². The number of nitrogens with zero attached hydrogens (tertiary/aromatic N) is 6. The molecule has 0 saturated carbocycles. The maximum atomic E-state index is 10.1. The Morgan fingerprint density at radius 3 is 2.48 bits per heavy atom. The quantitative estimate of drug-likeness (QED) is 0.238. The van der Waals surface area contributed by atoms with E-state index in [0.29, 0.717) is 11.2 Å². The van der Waals surface area contributed by atoms with Crippen molar-refractivity contribution in [3.8, 4) is 5.88 Å². The molecule has 0 spiro atoms. The Morgan fingerprint density at radius 1 is 0.975 bits per heavy atom. The van der Waals surface area contributed by atoms with Gasteiger partial charge in [-0.3, -0.25) is 4.57 Å². The average molecular weight is 547 g/mol. The first-order chi connectivity index (χ1) is 19.6. The van der Waals surface area contributed by atoms with Crippen LogP contribution in [0.2, 0.25) is 0 Å². The third-order valence-electron chi connectivity index (χ3n) is 6.81. The third-order valence-corrected chi connectivity index (χ3v) is 6.81. The molecule has 2 N–H and O–H groups in total. The van der Waals surface area contributed by atoms with Gasteiger partial charge in [-0.1, -0.05) is 54.6 Å². The summed E-state index contributed by atoms with van der Waals surface area (Å²) >= 11 is 0. The number of hydrogen-bond donors (Lipinski definition) is 2. The van der Waals surface area contributed by atoms with E-state index in [9.17, 15) is 10.2 Å². The molecule has 1 unspecified atom stereocenters. The van der Waals surface area contributed by atoms with Crippen molar-refractivity contribution in [1.82, 2.24) is 24.4 Å². The molecule has 0 aliphatic carbocycles. The zero-order valence-electron chi connectivity index (χ0n) is 22.1. The van der Waals surface area contributed by atoms with Gasteiger partial charge in [0.05, 0.1) is 25.9 Å². The summed E-state index contributed by atoms with van der Waals surface area (Å²) in [7, 11) is 3.69. The molecular weight excluding hydrogens is 516 g/mol. The van der Waals surface area contributed by atoms with Gasteiger partial charge in [0.1, 0.15) is 24.9 Å². The van der Waals surface area contributed by atoms with Crippen LogP contribution in [-0.2, 0) is 27.4 Å². The van der Waals surface area contributed by atoms with E-state index < -0.39 is 30.8 Å². The zero-order chi connectivity index (χ0) is 27.6. The first kappa shape index (κ1) is 26.3. The molecule has 6 rings (SSSR count). The van der Waals surface area contributed by atoms with Gasteiger partial charge < -0.3 is 34.1 Å². The van der Waals surface area contributed by atoms with E-state index in [1.807, 2.05) is 68.7 Å². The minimum absolute atomic E-state index is 0.106. The van der Waals surface area contributed by atoms with Gasteiger partial charge in [0.25, 0.3) is 5.95 Å². The van der Waals surface area contributed by atoms with E-state index in [2.05, 4.69) is 19.9 Å². The van der Waals surface area contributed by atoms with Gasteiger partial charge in [0.2, 0.25) is 5.88 Å². The van der Waals surface area contributed by atoms with Crippen LogP contribution in [0.5, 0.6) is 5.88 Å². The van der Waals surface area contributed by atoms with E-state index in [-0.39, 0.29) is 31.6 Å². The van der Waals surface area contributed by atoms with Crippen molar-refractivity contribution in [2.75, 3.05) is 20.7 Å². The molecule has 40 heavy (non-hydrogen) atoms. The van der Waals surface area contributed by atoms with E-state index in [1.165, 1.54) is 0 Å². The lowest BCUT2D eigenvalue weighted by Crippen LogP contribution is -2.30. The van der Waals surface area contributed by atoms with Crippen molar-refractivity contribution in [2.45, 2.75) is 44.0 Å².